The van der Waals surface area contributed by atoms with Crippen molar-refractivity contribution in [1.29, 1.82) is 0 Å². The zero-order valence-electron chi connectivity index (χ0n) is 3.97. The Balaban J connectivity index is -0.00000000450. The summed E-state index contributed by atoms with van der Waals surface area (Å²) in [6, 6.07) is 0. The van der Waals surface area contributed by atoms with Gasteiger partial charge in [0.25, 0.3) is 0 Å². The summed E-state index contributed by atoms with van der Waals surface area (Å²) in [5.74, 6) is 0. The molecule has 6 nitrogen and oxygen atoms in total. The van der Waals surface area contributed by atoms with Gasteiger partial charge in [0.2, 0.25) is 0 Å². The quantitative estimate of drug-likeness (QED) is 0.363. The van der Waals surface area contributed by atoms with E-state index in [0.717, 1.165) is 0 Å². The number of carboxylic acid groups (broad SMARTS) is 2. The van der Waals surface area contributed by atoms with E-state index in [1.807, 2.05) is 0 Å². The van der Waals surface area contributed by atoms with Gasteiger partial charge in [0.05, 0.1) is 0 Å². The SMILES string of the molecule is O.O=C([O-])[O-].[Al+3].[Ni+2].[O-2].[OH-]. The first-order valence-electron chi connectivity index (χ1n) is 0.612. The maximum Gasteiger partial charge on any atom is 3.00 e. The molecule has 0 aromatic heterocycles. The Morgan fingerprint density at radius 1 is 1.22 bits per heavy atom. The van der Waals surface area contributed by atoms with Crippen molar-refractivity contribution in [3.63, 3.8) is 0 Å². The van der Waals surface area contributed by atoms with E-state index in [1.54, 1.807) is 0 Å². The molecule has 0 fully saturated rings. The van der Waals surface area contributed by atoms with Crippen LogP contribution in [0.2, 0.25) is 0 Å². The first kappa shape index (κ1) is 60.8. The van der Waals surface area contributed by atoms with Crippen LogP contribution in [-0.2, 0) is 22.0 Å². The second-order valence-corrected chi connectivity index (χ2v) is 0.250. The molecule has 9 heavy (non-hydrogen) atoms. The van der Waals surface area contributed by atoms with E-state index >= 15 is 0 Å². The molecule has 0 aliphatic carbocycles. The molecule has 56 valence electrons. The van der Waals surface area contributed by atoms with Crippen LogP contribution in [-0.4, -0.2) is 34.5 Å². The van der Waals surface area contributed by atoms with E-state index < -0.39 is 6.16 Å². The summed E-state index contributed by atoms with van der Waals surface area (Å²) in [5.41, 5.74) is 0. The molecule has 0 rings (SSSR count). The second-order valence-electron chi connectivity index (χ2n) is 0.250. The Morgan fingerprint density at radius 3 is 1.22 bits per heavy atom. The largest absolute Gasteiger partial charge is 3.00 e. The van der Waals surface area contributed by atoms with Crippen molar-refractivity contribution in [3.05, 3.63) is 0 Å². The smallest absolute Gasteiger partial charge is 2.00 e. The van der Waals surface area contributed by atoms with Gasteiger partial charge in [-0.25, -0.2) is 0 Å². The molecule has 0 amide bonds. The van der Waals surface area contributed by atoms with Crippen LogP contribution in [0.1, 0.15) is 0 Å². The third-order valence-electron chi connectivity index (χ3n) is 0. The minimum atomic E-state index is -2.33. The molecule has 0 radical (unpaired) electrons. The van der Waals surface area contributed by atoms with Crippen molar-refractivity contribution in [2.75, 3.05) is 0 Å². The van der Waals surface area contributed by atoms with E-state index in [-0.39, 0.29) is 50.3 Å². The minimum Gasteiger partial charge on any atom is -2.00 e. The molecule has 8 heteroatoms. The van der Waals surface area contributed by atoms with E-state index in [1.165, 1.54) is 0 Å². The first-order chi connectivity index (χ1) is 1.73. The molecule has 0 spiro atoms. The average Bonchev–Trinajstić information content (AvgIpc) is 0.811. The molecule has 0 aromatic rings. The van der Waals surface area contributed by atoms with Gasteiger partial charge in [-0.3, -0.25) is 0 Å². The van der Waals surface area contributed by atoms with Gasteiger partial charge >= 0.3 is 33.9 Å². The van der Waals surface area contributed by atoms with Gasteiger partial charge in [-0.05, 0) is 6.16 Å². The van der Waals surface area contributed by atoms with Crippen molar-refractivity contribution < 1.29 is 47.9 Å². The fourth-order valence-corrected chi connectivity index (χ4v) is 0. The zero-order chi connectivity index (χ0) is 3.58. The molecule has 0 saturated carbocycles. The topological polar surface area (TPSA) is 153 Å². The van der Waals surface area contributed by atoms with Gasteiger partial charge in [-0.1, -0.05) is 0 Å². The molecule has 0 aliphatic rings. The van der Waals surface area contributed by atoms with Crippen LogP contribution in [0.4, 0.5) is 4.79 Å². The predicted octanol–water partition coefficient (Wildman–Crippen LogP) is -3.95. The molecular formula is CH3AlNiO6. The summed E-state index contributed by atoms with van der Waals surface area (Å²) in [4.78, 5) is 8.33. The molecule has 0 atom stereocenters. The molecule has 0 saturated heterocycles. The van der Waals surface area contributed by atoms with Gasteiger partial charge in [0, 0.05) is 0 Å². The normalized spacial score (nSPS) is 2.67. The summed E-state index contributed by atoms with van der Waals surface area (Å²) in [5, 5.41) is 16.7. The van der Waals surface area contributed by atoms with Crippen molar-refractivity contribution >= 4 is 23.5 Å². The second kappa shape index (κ2) is 41.7. The number of hydrogen-bond acceptors (Lipinski definition) is 4. The van der Waals surface area contributed by atoms with Crippen molar-refractivity contribution in [2.24, 2.45) is 0 Å². The Morgan fingerprint density at radius 2 is 1.22 bits per heavy atom. The van der Waals surface area contributed by atoms with Crippen LogP contribution in [0.15, 0.2) is 0 Å². The van der Waals surface area contributed by atoms with E-state index in [9.17, 15) is 0 Å². The molecule has 0 bridgehead atoms. The fourth-order valence-electron chi connectivity index (χ4n) is 0. The number of hydrogen-bond donors (Lipinski definition) is 0. The number of carbonyl (C=O) groups excluding carboxylic acids is 1. The fraction of sp³-hybridized carbons (Fsp3) is 0. The van der Waals surface area contributed by atoms with Crippen molar-refractivity contribution in [1.82, 2.24) is 0 Å². The summed E-state index contributed by atoms with van der Waals surface area (Å²) in [6.07, 6.45) is -2.33. The maximum absolute atomic E-state index is 8.33. The van der Waals surface area contributed by atoms with E-state index in [4.69, 9.17) is 15.0 Å². The third-order valence-corrected chi connectivity index (χ3v) is 0. The Bertz CT molecular complexity index is 36.0. The van der Waals surface area contributed by atoms with Gasteiger partial charge in [-0.2, -0.15) is 0 Å². The average molecular weight is 197 g/mol. The zero-order valence-corrected chi connectivity index (χ0v) is 6.12. The van der Waals surface area contributed by atoms with Crippen LogP contribution in [0.5, 0.6) is 0 Å². The van der Waals surface area contributed by atoms with Crippen molar-refractivity contribution in [3.8, 4) is 0 Å². The standard InChI is InChI=1S/CH2O3.Al.Ni.2H2O.O/c2-1(3)4;;;;;/h(H2,2,3,4);;;2*1H2;/q;+3;+2;;;-2/p-3. The van der Waals surface area contributed by atoms with Crippen molar-refractivity contribution in [2.45, 2.75) is 0 Å². The predicted molar refractivity (Wildman–Crippen MR) is 17.4 cm³/mol. The molecule has 0 heterocycles. The molecule has 0 unspecified atom stereocenters. The molecule has 0 aliphatic heterocycles. The van der Waals surface area contributed by atoms with Crippen LogP contribution in [0.3, 0.4) is 0 Å². The Labute approximate surface area is 71.9 Å². The minimum absolute atomic E-state index is 0. The first-order valence-corrected chi connectivity index (χ1v) is 0.612. The van der Waals surface area contributed by atoms with Crippen LogP contribution in [0.25, 0.3) is 0 Å². The van der Waals surface area contributed by atoms with Gasteiger partial charge in [0.15, 0.2) is 0 Å². The monoisotopic (exact) mass is 196 g/mol. The van der Waals surface area contributed by atoms with E-state index in [0.29, 0.717) is 0 Å². The van der Waals surface area contributed by atoms with Gasteiger partial charge < -0.3 is 31.4 Å². The van der Waals surface area contributed by atoms with E-state index in [2.05, 4.69) is 0 Å². The van der Waals surface area contributed by atoms with Gasteiger partial charge in [-0.15, -0.1) is 0 Å². The Kier molecular flexibility index (Phi) is 282. The third kappa shape index (κ3) is 10100. The van der Waals surface area contributed by atoms with Crippen LogP contribution in [0, 0.1) is 0 Å². The Hall–Kier alpha value is 0.176. The number of rotatable bonds is 0. The molecule has 3 N–H and O–H groups in total. The summed E-state index contributed by atoms with van der Waals surface area (Å²) < 4.78 is 0. The summed E-state index contributed by atoms with van der Waals surface area (Å²) in [7, 11) is 0. The van der Waals surface area contributed by atoms with Gasteiger partial charge in [0.1, 0.15) is 0 Å². The number of carbonyl (C=O) groups is 1. The summed E-state index contributed by atoms with van der Waals surface area (Å²) in [6.45, 7) is 0. The van der Waals surface area contributed by atoms with Crippen LogP contribution >= 0.6 is 0 Å². The van der Waals surface area contributed by atoms with Crippen LogP contribution < -0.4 is 10.2 Å². The molecule has 0 aromatic carbocycles. The summed E-state index contributed by atoms with van der Waals surface area (Å²) >= 11 is 0. The maximum atomic E-state index is 8.33. The molecular weight excluding hydrogens is 194 g/mol.